The van der Waals surface area contributed by atoms with E-state index in [0.717, 1.165) is 29.0 Å². The van der Waals surface area contributed by atoms with Crippen LogP contribution in [-0.4, -0.2) is 30.6 Å². The van der Waals surface area contributed by atoms with Crippen molar-refractivity contribution in [3.63, 3.8) is 0 Å². The van der Waals surface area contributed by atoms with Gasteiger partial charge in [0.2, 0.25) is 5.91 Å². The van der Waals surface area contributed by atoms with Gasteiger partial charge < -0.3 is 14.4 Å². The molecule has 2 aromatic rings. The fourth-order valence-electron chi connectivity index (χ4n) is 2.98. The Kier molecular flexibility index (Phi) is 6.40. The van der Waals surface area contributed by atoms with Crippen LogP contribution in [0.1, 0.15) is 30.9 Å². The number of carbonyl (C=O) groups is 1. The first kappa shape index (κ1) is 18.6. The molecule has 3 rings (SSSR count). The van der Waals surface area contributed by atoms with Crippen LogP contribution >= 0.6 is 11.6 Å². The molecule has 26 heavy (non-hydrogen) atoms. The van der Waals surface area contributed by atoms with Crippen molar-refractivity contribution in [3.8, 4) is 11.5 Å². The second-order valence-electron chi connectivity index (χ2n) is 6.33. The zero-order valence-corrected chi connectivity index (χ0v) is 15.8. The van der Waals surface area contributed by atoms with Gasteiger partial charge in [0.1, 0.15) is 0 Å². The number of carbonyl (C=O) groups excluding carboxylic acids is 1. The van der Waals surface area contributed by atoms with Gasteiger partial charge in [-0.25, -0.2) is 0 Å². The summed E-state index contributed by atoms with van der Waals surface area (Å²) in [6.45, 7) is 4.53. The third-order valence-corrected chi connectivity index (χ3v) is 4.86. The van der Waals surface area contributed by atoms with E-state index in [9.17, 15) is 4.79 Å². The van der Waals surface area contributed by atoms with Crippen molar-refractivity contribution in [2.75, 3.05) is 19.8 Å². The molecule has 0 bridgehead atoms. The zero-order chi connectivity index (χ0) is 18.4. The summed E-state index contributed by atoms with van der Waals surface area (Å²) in [5.74, 6) is 1.68. The molecule has 0 aromatic heterocycles. The quantitative estimate of drug-likeness (QED) is 0.749. The monoisotopic (exact) mass is 373 g/mol. The van der Waals surface area contributed by atoms with Crippen molar-refractivity contribution in [1.29, 1.82) is 0 Å². The molecular weight excluding hydrogens is 350 g/mol. The van der Waals surface area contributed by atoms with E-state index >= 15 is 0 Å². The van der Waals surface area contributed by atoms with Crippen LogP contribution < -0.4 is 9.47 Å². The van der Waals surface area contributed by atoms with Crippen molar-refractivity contribution >= 4 is 17.5 Å². The Hall–Kier alpha value is -2.20. The topological polar surface area (TPSA) is 38.8 Å². The van der Waals surface area contributed by atoms with Crippen LogP contribution in [0.15, 0.2) is 42.5 Å². The highest BCUT2D eigenvalue weighted by Gasteiger charge is 2.15. The molecule has 0 spiro atoms. The molecule has 0 fully saturated rings. The lowest BCUT2D eigenvalue weighted by Gasteiger charge is -2.21. The van der Waals surface area contributed by atoms with Crippen molar-refractivity contribution < 1.29 is 14.3 Å². The molecule has 4 nitrogen and oxygen atoms in total. The van der Waals surface area contributed by atoms with Gasteiger partial charge in [-0.05, 0) is 42.7 Å². The van der Waals surface area contributed by atoms with Gasteiger partial charge in [0.15, 0.2) is 11.5 Å². The number of fused-ring (bicyclic) bond motifs is 1. The van der Waals surface area contributed by atoms with E-state index in [4.69, 9.17) is 21.1 Å². The summed E-state index contributed by atoms with van der Waals surface area (Å²) >= 11 is 6.22. The zero-order valence-electron chi connectivity index (χ0n) is 15.0. The van der Waals surface area contributed by atoms with Crippen molar-refractivity contribution in [3.05, 3.63) is 58.6 Å². The summed E-state index contributed by atoms with van der Waals surface area (Å²) in [5, 5.41) is 0.696. The molecule has 1 aliphatic rings. The van der Waals surface area contributed by atoms with E-state index in [-0.39, 0.29) is 5.91 Å². The highest BCUT2D eigenvalue weighted by Crippen LogP contribution is 2.30. The Morgan fingerprint density at radius 1 is 1.12 bits per heavy atom. The summed E-state index contributed by atoms with van der Waals surface area (Å²) < 4.78 is 11.4. The highest BCUT2D eigenvalue weighted by molar-refractivity contribution is 6.31. The molecule has 0 radical (unpaired) electrons. The molecule has 1 amide bonds. The maximum absolute atomic E-state index is 12.6. The predicted molar refractivity (Wildman–Crippen MR) is 103 cm³/mol. The van der Waals surface area contributed by atoms with E-state index in [2.05, 4.69) is 0 Å². The number of nitrogens with zero attached hydrogens (tertiary/aromatic N) is 1. The first-order valence-electron chi connectivity index (χ1n) is 9.07. The van der Waals surface area contributed by atoms with Gasteiger partial charge in [-0.15, -0.1) is 0 Å². The summed E-state index contributed by atoms with van der Waals surface area (Å²) in [6.07, 6.45) is 2.02. The van der Waals surface area contributed by atoms with Gasteiger partial charge >= 0.3 is 0 Å². The standard InChI is InChI=1S/C21H24ClNO3/c1-2-23(15-17-6-3-4-7-18(17)22)21(24)11-9-16-8-10-19-20(14-16)26-13-5-12-25-19/h3-4,6-8,10,14H,2,5,9,11-13,15H2,1H3. The molecule has 1 aliphatic heterocycles. The van der Waals surface area contributed by atoms with Crippen LogP contribution in [0, 0.1) is 0 Å². The number of aryl methyl sites for hydroxylation is 1. The second kappa shape index (κ2) is 8.95. The lowest BCUT2D eigenvalue weighted by atomic mass is 10.1. The third kappa shape index (κ3) is 4.70. The second-order valence-corrected chi connectivity index (χ2v) is 6.74. The van der Waals surface area contributed by atoms with Crippen LogP contribution in [-0.2, 0) is 17.8 Å². The predicted octanol–water partition coefficient (Wildman–Crippen LogP) is 4.48. The van der Waals surface area contributed by atoms with Gasteiger partial charge in [0, 0.05) is 31.0 Å². The van der Waals surface area contributed by atoms with Crippen LogP contribution in [0.4, 0.5) is 0 Å². The number of halogens is 1. The molecule has 2 aromatic carbocycles. The molecule has 0 aliphatic carbocycles. The molecule has 5 heteroatoms. The van der Waals surface area contributed by atoms with Crippen molar-refractivity contribution in [1.82, 2.24) is 4.90 Å². The smallest absolute Gasteiger partial charge is 0.223 e. The molecule has 1 heterocycles. The van der Waals surface area contributed by atoms with Crippen LogP contribution in [0.2, 0.25) is 5.02 Å². The van der Waals surface area contributed by atoms with E-state index in [0.29, 0.717) is 44.2 Å². The van der Waals surface area contributed by atoms with Gasteiger partial charge in [-0.2, -0.15) is 0 Å². The molecule has 0 N–H and O–H groups in total. The van der Waals surface area contributed by atoms with Crippen molar-refractivity contribution in [2.24, 2.45) is 0 Å². The van der Waals surface area contributed by atoms with Crippen LogP contribution in [0.25, 0.3) is 0 Å². The first-order chi connectivity index (χ1) is 12.7. The normalized spacial score (nSPS) is 13.2. The van der Waals surface area contributed by atoms with Crippen molar-refractivity contribution in [2.45, 2.75) is 32.7 Å². The fourth-order valence-corrected chi connectivity index (χ4v) is 3.18. The molecule has 0 atom stereocenters. The maximum atomic E-state index is 12.6. The lowest BCUT2D eigenvalue weighted by molar-refractivity contribution is -0.131. The molecule has 0 saturated carbocycles. The Morgan fingerprint density at radius 2 is 1.88 bits per heavy atom. The van der Waals surface area contributed by atoms with E-state index in [1.807, 2.05) is 54.3 Å². The minimum absolute atomic E-state index is 0.125. The fraction of sp³-hybridized carbons (Fsp3) is 0.381. The summed E-state index contributed by atoms with van der Waals surface area (Å²) in [6, 6.07) is 13.6. The van der Waals surface area contributed by atoms with Gasteiger partial charge in [-0.1, -0.05) is 35.9 Å². The van der Waals surface area contributed by atoms with E-state index < -0.39 is 0 Å². The highest BCUT2D eigenvalue weighted by atomic mass is 35.5. The lowest BCUT2D eigenvalue weighted by Crippen LogP contribution is -2.30. The molecule has 138 valence electrons. The summed E-state index contributed by atoms with van der Waals surface area (Å²) in [4.78, 5) is 14.5. The first-order valence-corrected chi connectivity index (χ1v) is 9.45. The number of rotatable bonds is 6. The molecule has 0 unspecified atom stereocenters. The van der Waals surface area contributed by atoms with E-state index in [1.54, 1.807) is 0 Å². The minimum atomic E-state index is 0.125. The molecule has 0 saturated heterocycles. The molecular formula is C21H24ClNO3. The number of hydrogen-bond acceptors (Lipinski definition) is 3. The van der Waals surface area contributed by atoms with E-state index in [1.165, 1.54) is 0 Å². The summed E-state index contributed by atoms with van der Waals surface area (Å²) in [7, 11) is 0. The Morgan fingerprint density at radius 3 is 2.65 bits per heavy atom. The largest absolute Gasteiger partial charge is 0.490 e. The number of hydrogen-bond donors (Lipinski definition) is 0. The Balaban J connectivity index is 1.60. The van der Waals surface area contributed by atoms with Gasteiger partial charge in [0.25, 0.3) is 0 Å². The number of amides is 1. The SMILES string of the molecule is CCN(Cc1ccccc1Cl)C(=O)CCc1ccc2c(c1)OCCCO2. The summed E-state index contributed by atoms with van der Waals surface area (Å²) in [5.41, 5.74) is 2.05. The maximum Gasteiger partial charge on any atom is 0.223 e. The Labute approximate surface area is 159 Å². The van der Waals surface area contributed by atoms with Crippen LogP contribution in [0.3, 0.4) is 0 Å². The average Bonchev–Trinajstić information content (AvgIpc) is 2.90. The Bertz CT molecular complexity index is 763. The van der Waals surface area contributed by atoms with Crippen LogP contribution in [0.5, 0.6) is 11.5 Å². The third-order valence-electron chi connectivity index (χ3n) is 4.49. The van der Waals surface area contributed by atoms with Gasteiger partial charge in [0.05, 0.1) is 13.2 Å². The number of benzene rings is 2. The average molecular weight is 374 g/mol. The minimum Gasteiger partial charge on any atom is -0.490 e. The number of ether oxygens (including phenoxy) is 2. The van der Waals surface area contributed by atoms with Gasteiger partial charge in [-0.3, -0.25) is 4.79 Å².